The molecule has 0 spiro atoms. The molecule has 2 atom stereocenters. The number of hydrogen-bond acceptors (Lipinski definition) is 5. The molecule has 0 aromatic heterocycles. The van der Waals surface area contributed by atoms with Crippen molar-refractivity contribution in [3.05, 3.63) is 48.0 Å². The number of imide groups is 1. The number of carbonyl (C=O) groups is 3. The lowest BCUT2D eigenvalue weighted by molar-refractivity contribution is -0.150. The zero-order valence-corrected chi connectivity index (χ0v) is 17.4. The Morgan fingerprint density at radius 2 is 1.97 bits per heavy atom. The Morgan fingerprint density at radius 1 is 1.20 bits per heavy atom. The first-order valence-electron chi connectivity index (χ1n) is 10.5. The second-order valence-electron chi connectivity index (χ2n) is 8.12. The molecule has 158 valence electrons. The number of urea groups is 1. The van der Waals surface area contributed by atoms with E-state index in [1.165, 1.54) is 4.90 Å². The van der Waals surface area contributed by atoms with Gasteiger partial charge in [-0.15, -0.1) is 0 Å². The highest BCUT2D eigenvalue weighted by Gasteiger charge is 2.50. The number of nitrogens with one attached hydrogen (secondary N) is 1. The van der Waals surface area contributed by atoms with Crippen LogP contribution in [0.1, 0.15) is 32.3 Å². The predicted molar refractivity (Wildman–Crippen MR) is 112 cm³/mol. The molecule has 1 N–H and O–H groups in total. The van der Waals surface area contributed by atoms with Gasteiger partial charge in [-0.1, -0.05) is 42.5 Å². The molecule has 0 bridgehead atoms. The van der Waals surface area contributed by atoms with E-state index in [-0.39, 0.29) is 24.5 Å². The van der Waals surface area contributed by atoms with E-state index in [9.17, 15) is 14.4 Å². The maximum atomic E-state index is 13.4. The molecule has 2 aliphatic rings. The number of carbonyl (C=O) groups excluding carboxylic acids is 3. The molecule has 0 unspecified atom stereocenters. The number of hydrogen-bond donors (Lipinski definition) is 1. The van der Waals surface area contributed by atoms with Crippen LogP contribution in [0.4, 0.5) is 4.79 Å². The third kappa shape index (κ3) is 3.54. The molecule has 2 saturated heterocycles. The molecule has 0 radical (unpaired) electrons. The second kappa shape index (κ2) is 8.07. The van der Waals surface area contributed by atoms with Crippen molar-refractivity contribution in [2.75, 3.05) is 26.4 Å². The third-order valence-corrected chi connectivity index (χ3v) is 6.07. The quantitative estimate of drug-likeness (QED) is 0.607. The molecule has 4 rings (SSSR count). The minimum absolute atomic E-state index is 0.168. The number of benzene rings is 2. The Hall–Kier alpha value is -2.93. The number of rotatable bonds is 5. The van der Waals surface area contributed by atoms with E-state index in [1.54, 1.807) is 13.8 Å². The first-order chi connectivity index (χ1) is 14.4. The summed E-state index contributed by atoms with van der Waals surface area (Å²) < 4.78 is 5.15. The number of ether oxygens (including phenoxy) is 1. The lowest BCUT2D eigenvalue weighted by atomic mass is 9.88. The van der Waals surface area contributed by atoms with Crippen molar-refractivity contribution < 1.29 is 19.1 Å². The number of amides is 3. The fourth-order valence-electron chi connectivity index (χ4n) is 4.51. The molecule has 30 heavy (non-hydrogen) atoms. The Kier molecular flexibility index (Phi) is 5.47. The number of esters is 1. The molecule has 2 aromatic carbocycles. The zero-order valence-electron chi connectivity index (χ0n) is 17.4. The van der Waals surface area contributed by atoms with E-state index in [0.717, 1.165) is 35.7 Å². The summed E-state index contributed by atoms with van der Waals surface area (Å²) in [5, 5.41) is 4.86. The molecule has 2 aromatic rings. The van der Waals surface area contributed by atoms with Crippen molar-refractivity contribution in [3.63, 3.8) is 0 Å². The van der Waals surface area contributed by atoms with Gasteiger partial charge in [-0.05, 0) is 49.6 Å². The summed E-state index contributed by atoms with van der Waals surface area (Å²) in [7, 11) is 0. The van der Waals surface area contributed by atoms with Crippen LogP contribution >= 0.6 is 0 Å². The first kappa shape index (κ1) is 20.3. The fourth-order valence-corrected chi connectivity index (χ4v) is 4.51. The van der Waals surface area contributed by atoms with Gasteiger partial charge in [-0.2, -0.15) is 0 Å². The molecule has 3 amide bonds. The highest BCUT2D eigenvalue weighted by Crippen LogP contribution is 2.34. The standard InChI is InChI=1S/C23H27N3O4/c1-3-30-20(27)17-10-7-13-25(14-17)15-26-21(28)23(2,24-22(26)29)19-12-6-9-16-8-4-5-11-18(16)19/h4-6,8-9,11-12,17H,3,7,10,13-15H2,1-2H3,(H,24,29)/t17-,23-/m1/s1. The van der Waals surface area contributed by atoms with Gasteiger partial charge in [0, 0.05) is 6.54 Å². The van der Waals surface area contributed by atoms with Gasteiger partial charge in [0.15, 0.2) is 0 Å². The Morgan fingerprint density at radius 3 is 2.77 bits per heavy atom. The molecule has 0 saturated carbocycles. The SMILES string of the molecule is CCOC(=O)[C@@H]1CCCN(CN2C(=O)N[C@](C)(c3cccc4ccccc34)C2=O)C1. The molecule has 2 fully saturated rings. The summed E-state index contributed by atoms with van der Waals surface area (Å²) in [5.74, 6) is -0.703. The zero-order chi connectivity index (χ0) is 21.3. The van der Waals surface area contributed by atoms with E-state index in [4.69, 9.17) is 4.74 Å². The van der Waals surface area contributed by atoms with E-state index in [2.05, 4.69) is 5.32 Å². The van der Waals surface area contributed by atoms with Crippen molar-refractivity contribution in [2.24, 2.45) is 5.92 Å². The summed E-state index contributed by atoms with van der Waals surface area (Å²) >= 11 is 0. The van der Waals surface area contributed by atoms with Crippen LogP contribution in [0.2, 0.25) is 0 Å². The van der Waals surface area contributed by atoms with Gasteiger partial charge in [0.25, 0.3) is 5.91 Å². The van der Waals surface area contributed by atoms with Crippen molar-refractivity contribution in [1.82, 2.24) is 15.1 Å². The second-order valence-corrected chi connectivity index (χ2v) is 8.12. The summed E-state index contributed by atoms with van der Waals surface area (Å²) in [6.45, 7) is 5.29. The maximum Gasteiger partial charge on any atom is 0.326 e. The smallest absolute Gasteiger partial charge is 0.326 e. The van der Waals surface area contributed by atoms with Crippen molar-refractivity contribution >= 4 is 28.7 Å². The molecule has 2 aliphatic heterocycles. The predicted octanol–water partition coefficient (Wildman–Crippen LogP) is 2.84. The summed E-state index contributed by atoms with van der Waals surface area (Å²) in [6, 6.07) is 13.2. The number of fused-ring (bicyclic) bond motifs is 1. The maximum absolute atomic E-state index is 13.4. The van der Waals surface area contributed by atoms with Crippen molar-refractivity contribution in [2.45, 2.75) is 32.2 Å². The largest absolute Gasteiger partial charge is 0.466 e. The molecule has 0 aliphatic carbocycles. The monoisotopic (exact) mass is 409 g/mol. The normalized spacial score (nSPS) is 24.9. The van der Waals surface area contributed by atoms with E-state index in [1.807, 2.05) is 47.4 Å². The fraction of sp³-hybridized carbons (Fsp3) is 0.435. The van der Waals surface area contributed by atoms with Crippen LogP contribution in [0.3, 0.4) is 0 Å². The molecular formula is C23H27N3O4. The van der Waals surface area contributed by atoms with Gasteiger partial charge in [0.05, 0.1) is 19.2 Å². The van der Waals surface area contributed by atoms with Crippen LogP contribution in [0.25, 0.3) is 10.8 Å². The van der Waals surface area contributed by atoms with Gasteiger partial charge >= 0.3 is 12.0 Å². The van der Waals surface area contributed by atoms with Gasteiger partial charge in [0.1, 0.15) is 5.54 Å². The summed E-state index contributed by atoms with van der Waals surface area (Å²) in [5.41, 5.74) is -0.349. The van der Waals surface area contributed by atoms with E-state index >= 15 is 0 Å². The van der Waals surface area contributed by atoms with Crippen LogP contribution in [0.5, 0.6) is 0 Å². The Labute approximate surface area is 176 Å². The van der Waals surface area contributed by atoms with E-state index in [0.29, 0.717) is 13.2 Å². The molecular weight excluding hydrogens is 382 g/mol. The minimum atomic E-state index is -1.13. The summed E-state index contributed by atoms with van der Waals surface area (Å²) in [4.78, 5) is 41.5. The number of likely N-dealkylation sites (tertiary alicyclic amines) is 1. The Bertz CT molecular complexity index is 986. The van der Waals surface area contributed by atoms with Crippen LogP contribution in [-0.2, 0) is 19.9 Å². The van der Waals surface area contributed by atoms with Crippen LogP contribution in [0, 0.1) is 5.92 Å². The molecule has 2 heterocycles. The Balaban J connectivity index is 1.55. The van der Waals surface area contributed by atoms with E-state index < -0.39 is 11.6 Å². The van der Waals surface area contributed by atoms with Gasteiger partial charge in [-0.25, -0.2) is 9.69 Å². The first-order valence-corrected chi connectivity index (χ1v) is 10.5. The number of nitrogens with zero attached hydrogens (tertiary/aromatic N) is 2. The minimum Gasteiger partial charge on any atom is -0.466 e. The van der Waals surface area contributed by atoms with Crippen molar-refractivity contribution in [3.8, 4) is 0 Å². The summed E-state index contributed by atoms with van der Waals surface area (Å²) in [6.07, 6.45) is 1.59. The highest BCUT2D eigenvalue weighted by atomic mass is 16.5. The highest BCUT2D eigenvalue weighted by molar-refractivity contribution is 6.09. The molecule has 7 heteroatoms. The van der Waals surface area contributed by atoms with Crippen LogP contribution in [0.15, 0.2) is 42.5 Å². The lowest BCUT2D eigenvalue weighted by Gasteiger charge is -2.33. The average molecular weight is 409 g/mol. The lowest BCUT2D eigenvalue weighted by Crippen LogP contribution is -2.48. The van der Waals surface area contributed by atoms with Crippen LogP contribution < -0.4 is 5.32 Å². The van der Waals surface area contributed by atoms with Gasteiger partial charge in [0.2, 0.25) is 0 Å². The number of piperidine rings is 1. The van der Waals surface area contributed by atoms with Gasteiger partial charge < -0.3 is 10.1 Å². The average Bonchev–Trinajstić information content (AvgIpc) is 2.97. The topological polar surface area (TPSA) is 79.0 Å². The van der Waals surface area contributed by atoms with Crippen LogP contribution in [-0.4, -0.2) is 54.1 Å². The van der Waals surface area contributed by atoms with Gasteiger partial charge in [-0.3, -0.25) is 14.5 Å². The third-order valence-electron chi connectivity index (χ3n) is 6.07. The van der Waals surface area contributed by atoms with Crippen molar-refractivity contribution in [1.29, 1.82) is 0 Å². The molecule has 7 nitrogen and oxygen atoms in total.